The third kappa shape index (κ3) is 2.91. The average Bonchev–Trinajstić information content (AvgIpc) is 2.52. The second-order valence-electron chi connectivity index (χ2n) is 8.13. The highest BCUT2D eigenvalue weighted by atomic mass is 19.1. The fraction of sp³-hybridized carbons (Fsp3) is 0.650. The molecule has 4 fully saturated rings. The van der Waals surface area contributed by atoms with Gasteiger partial charge in [-0.1, -0.05) is 19.1 Å². The lowest BCUT2D eigenvalue weighted by molar-refractivity contribution is -0.134. The van der Waals surface area contributed by atoms with E-state index in [1.165, 1.54) is 25.3 Å². The van der Waals surface area contributed by atoms with Crippen LogP contribution in [0.2, 0.25) is 0 Å². The van der Waals surface area contributed by atoms with Gasteiger partial charge in [-0.15, -0.1) is 0 Å². The molecule has 0 aliphatic heterocycles. The molecule has 4 saturated carbocycles. The van der Waals surface area contributed by atoms with Gasteiger partial charge in [0.1, 0.15) is 0 Å². The van der Waals surface area contributed by atoms with Crippen LogP contribution in [0.1, 0.15) is 51.9 Å². The second kappa shape index (κ2) is 6.05. The number of nitrogens with one attached hydrogen (secondary N) is 1. The smallest absolute Gasteiger partial charge is 0.261 e. The molecule has 0 spiro atoms. The number of hydrogen-bond acceptors (Lipinski definition) is 2. The normalized spacial score (nSPS) is 34.8. The number of hydrogen-bond donors (Lipinski definition) is 1. The van der Waals surface area contributed by atoms with E-state index >= 15 is 0 Å². The first-order valence-electron chi connectivity index (χ1n) is 9.30. The van der Waals surface area contributed by atoms with Crippen molar-refractivity contribution in [2.24, 2.45) is 17.8 Å². The summed E-state index contributed by atoms with van der Waals surface area (Å²) < 4.78 is 19.5. The minimum atomic E-state index is -0.630. The van der Waals surface area contributed by atoms with Crippen LogP contribution in [0.4, 0.5) is 4.39 Å². The highest BCUT2D eigenvalue weighted by Crippen LogP contribution is 2.55. The van der Waals surface area contributed by atoms with E-state index in [0.717, 1.165) is 37.0 Å². The Kier molecular flexibility index (Phi) is 4.01. The van der Waals surface area contributed by atoms with Crippen LogP contribution >= 0.6 is 0 Å². The molecule has 130 valence electrons. The van der Waals surface area contributed by atoms with Gasteiger partial charge in [-0.25, -0.2) is 4.39 Å². The van der Waals surface area contributed by atoms with Crippen molar-refractivity contribution in [3.05, 3.63) is 30.1 Å². The summed E-state index contributed by atoms with van der Waals surface area (Å²) in [4.78, 5) is 12.8. The molecular weight excluding hydrogens is 305 g/mol. The highest BCUT2D eigenvalue weighted by molar-refractivity contribution is 5.82. The molecule has 0 heterocycles. The predicted octanol–water partition coefficient (Wildman–Crippen LogP) is 4.07. The largest absolute Gasteiger partial charge is 0.478 e. The number of rotatable bonds is 5. The van der Waals surface area contributed by atoms with Gasteiger partial charge in [0, 0.05) is 5.54 Å². The van der Waals surface area contributed by atoms with E-state index in [-0.39, 0.29) is 17.2 Å². The van der Waals surface area contributed by atoms with Crippen molar-refractivity contribution in [2.45, 2.75) is 63.5 Å². The van der Waals surface area contributed by atoms with Gasteiger partial charge in [0.05, 0.1) is 0 Å². The fourth-order valence-electron chi connectivity index (χ4n) is 5.62. The Labute approximate surface area is 143 Å². The molecule has 0 unspecified atom stereocenters. The quantitative estimate of drug-likeness (QED) is 0.883. The predicted molar refractivity (Wildman–Crippen MR) is 90.2 cm³/mol. The summed E-state index contributed by atoms with van der Waals surface area (Å²) in [5, 5.41) is 3.33. The number of para-hydroxylation sites is 1. The Morgan fingerprint density at radius 1 is 1.21 bits per heavy atom. The van der Waals surface area contributed by atoms with Gasteiger partial charge in [0.15, 0.2) is 17.7 Å². The Bertz CT molecular complexity index is 595. The summed E-state index contributed by atoms with van der Waals surface area (Å²) in [6.07, 6.45) is 7.28. The van der Waals surface area contributed by atoms with E-state index in [2.05, 4.69) is 5.32 Å². The van der Waals surface area contributed by atoms with E-state index < -0.39 is 11.9 Å². The van der Waals surface area contributed by atoms with Crippen molar-refractivity contribution in [2.75, 3.05) is 0 Å². The maximum atomic E-state index is 13.8. The first-order chi connectivity index (χ1) is 11.6. The molecule has 1 amide bonds. The van der Waals surface area contributed by atoms with Crippen LogP contribution in [0.15, 0.2) is 24.3 Å². The summed E-state index contributed by atoms with van der Waals surface area (Å²) in [5.74, 6) is 2.00. The monoisotopic (exact) mass is 331 g/mol. The number of amides is 1. The number of carbonyl (C=O) groups excluding carboxylic acids is 1. The molecule has 0 saturated heterocycles. The SMILES string of the molecule is CC[C@H](Oc1ccccc1F)C(=O)NC12CC3CC(CC(C3)C1)C2. The van der Waals surface area contributed by atoms with Crippen molar-refractivity contribution in [1.29, 1.82) is 0 Å². The van der Waals surface area contributed by atoms with Crippen LogP contribution in [-0.2, 0) is 4.79 Å². The number of benzene rings is 1. The van der Waals surface area contributed by atoms with Gasteiger partial charge in [0.2, 0.25) is 0 Å². The number of halogens is 1. The topological polar surface area (TPSA) is 38.3 Å². The van der Waals surface area contributed by atoms with Crippen LogP contribution in [-0.4, -0.2) is 17.6 Å². The van der Waals surface area contributed by atoms with Crippen molar-refractivity contribution >= 4 is 5.91 Å². The zero-order valence-electron chi connectivity index (χ0n) is 14.3. The molecule has 4 bridgehead atoms. The van der Waals surface area contributed by atoms with Gasteiger partial charge in [0.25, 0.3) is 5.91 Å². The van der Waals surface area contributed by atoms with Crippen LogP contribution in [0.25, 0.3) is 0 Å². The molecule has 1 N–H and O–H groups in total. The first kappa shape index (κ1) is 15.9. The second-order valence-corrected chi connectivity index (χ2v) is 8.13. The molecular formula is C20H26FNO2. The lowest BCUT2D eigenvalue weighted by atomic mass is 9.53. The number of carbonyl (C=O) groups is 1. The molecule has 3 nitrogen and oxygen atoms in total. The Morgan fingerprint density at radius 2 is 1.79 bits per heavy atom. The lowest BCUT2D eigenvalue weighted by Crippen LogP contribution is -2.61. The molecule has 5 rings (SSSR count). The zero-order valence-corrected chi connectivity index (χ0v) is 14.3. The fourth-order valence-corrected chi connectivity index (χ4v) is 5.62. The van der Waals surface area contributed by atoms with Gasteiger partial charge in [-0.3, -0.25) is 4.79 Å². The third-order valence-corrected chi connectivity index (χ3v) is 6.20. The maximum absolute atomic E-state index is 13.8. The van der Waals surface area contributed by atoms with Crippen LogP contribution in [0, 0.1) is 23.6 Å². The summed E-state index contributed by atoms with van der Waals surface area (Å²) in [5.41, 5.74) is -0.0299. The van der Waals surface area contributed by atoms with E-state index in [1.807, 2.05) is 6.92 Å². The third-order valence-electron chi connectivity index (χ3n) is 6.20. The van der Waals surface area contributed by atoms with E-state index in [4.69, 9.17) is 4.74 Å². The minimum absolute atomic E-state index is 0.0299. The molecule has 24 heavy (non-hydrogen) atoms. The van der Waals surface area contributed by atoms with Crippen molar-refractivity contribution in [3.8, 4) is 5.75 Å². The Balaban J connectivity index is 1.45. The van der Waals surface area contributed by atoms with Gasteiger partial charge in [-0.05, 0) is 74.8 Å². The molecule has 4 aliphatic carbocycles. The maximum Gasteiger partial charge on any atom is 0.261 e. The lowest BCUT2D eigenvalue weighted by Gasteiger charge is -2.57. The highest BCUT2D eigenvalue weighted by Gasteiger charge is 2.51. The molecule has 4 aliphatic rings. The molecule has 0 aromatic heterocycles. The molecule has 1 aromatic carbocycles. The molecule has 0 radical (unpaired) electrons. The van der Waals surface area contributed by atoms with E-state index in [9.17, 15) is 9.18 Å². The van der Waals surface area contributed by atoms with Gasteiger partial charge < -0.3 is 10.1 Å². The standard InChI is InChI=1S/C20H26FNO2/c1-2-17(24-18-6-4-3-5-16(18)21)19(23)22-20-10-13-7-14(11-20)9-15(8-13)12-20/h3-6,13-15,17H,2,7-12H2,1H3,(H,22,23)/t13?,14?,15?,17-,20?/m0/s1. The summed E-state index contributed by atoms with van der Waals surface area (Å²) in [7, 11) is 0. The molecule has 4 heteroatoms. The zero-order chi connectivity index (χ0) is 16.7. The van der Waals surface area contributed by atoms with E-state index in [1.54, 1.807) is 18.2 Å². The Hall–Kier alpha value is -1.58. The van der Waals surface area contributed by atoms with Crippen molar-refractivity contribution in [1.82, 2.24) is 5.32 Å². The molecule has 1 aromatic rings. The summed E-state index contributed by atoms with van der Waals surface area (Å²) >= 11 is 0. The minimum Gasteiger partial charge on any atom is -0.478 e. The van der Waals surface area contributed by atoms with Gasteiger partial charge in [-0.2, -0.15) is 0 Å². The average molecular weight is 331 g/mol. The van der Waals surface area contributed by atoms with Crippen LogP contribution < -0.4 is 10.1 Å². The number of ether oxygens (including phenoxy) is 1. The molecule has 1 atom stereocenters. The summed E-state index contributed by atoms with van der Waals surface area (Å²) in [6.45, 7) is 1.91. The Morgan fingerprint density at radius 3 is 2.33 bits per heavy atom. The van der Waals surface area contributed by atoms with Crippen LogP contribution in [0.5, 0.6) is 5.75 Å². The first-order valence-corrected chi connectivity index (χ1v) is 9.30. The van der Waals surface area contributed by atoms with Crippen molar-refractivity contribution < 1.29 is 13.9 Å². The van der Waals surface area contributed by atoms with Crippen LogP contribution in [0.3, 0.4) is 0 Å². The van der Waals surface area contributed by atoms with Crippen molar-refractivity contribution in [3.63, 3.8) is 0 Å². The van der Waals surface area contributed by atoms with E-state index in [0.29, 0.717) is 6.42 Å². The van der Waals surface area contributed by atoms with Gasteiger partial charge >= 0.3 is 0 Å². The summed E-state index contributed by atoms with van der Waals surface area (Å²) in [6, 6.07) is 6.29.